The predicted molar refractivity (Wildman–Crippen MR) is 81.3 cm³/mol. The fourth-order valence-electron chi connectivity index (χ4n) is 2.07. The van der Waals surface area contributed by atoms with Gasteiger partial charge in [-0.2, -0.15) is 0 Å². The molecule has 2 N–H and O–H groups in total. The first kappa shape index (κ1) is 13.6. The number of hydrogen-bond acceptors (Lipinski definition) is 2. The van der Waals surface area contributed by atoms with Gasteiger partial charge in [0.05, 0.1) is 0 Å². The van der Waals surface area contributed by atoms with Crippen LogP contribution in [0.1, 0.15) is 12.8 Å². The summed E-state index contributed by atoms with van der Waals surface area (Å²) in [6, 6.07) is 8.04. The Labute approximate surface area is 119 Å². The molecule has 18 heavy (non-hydrogen) atoms. The molecule has 0 aromatic heterocycles. The van der Waals surface area contributed by atoms with Crippen LogP contribution in [-0.4, -0.2) is 36.2 Å². The Hall–Kier alpha value is -0.840. The Bertz CT molecular complexity index is 416. The van der Waals surface area contributed by atoms with E-state index in [1.54, 1.807) is 0 Å². The zero-order valence-corrected chi connectivity index (χ0v) is 12.0. The van der Waals surface area contributed by atoms with Gasteiger partial charge in [0.1, 0.15) is 0 Å². The van der Waals surface area contributed by atoms with Gasteiger partial charge in [0.25, 0.3) is 0 Å². The van der Waals surface area contributed by atoms with E-state index in [1.165, 1.54) is 0 Å². The van der Waals surface area contributed by atoms with Crippen LogP contribution < -0.4 is 10.6 Å². The molecule has 98 valence electrons. The van der Waals surface area contributed by atoms with E-state index in [9.17, 15) is 0 Å². The van der Waals surface area contributed by atoms with Gasteiger partial charge in [0.2, 0.25) is 0 Å². The maximum Gasteiger partial charge on any atom is 0.170 e. The first-order chi connectivity index (χ1) is 8.63. The molecule has 1 fully saturated rings. The van der Waals surface area contributed by atoms with Gasteiger partial charge in [-0.25, -0.2) is 0 Å². The highest BCUT2D eigenvalue weighted by Crippen LogP contribution is 2.15. The zero-order valence-electron chi connectivity index (χ0n) is 10.4. The molecule has 1 heterocycles. The van der Waals surface area contributed by atoms with E-state index < -0.39 is 0 Å². The molecule has 1 aromatic carbocycles. The van der Waals surface area contributed by atoms with Crippen LogP contribution in [0.15, 0.2) is 24.3 Å². The minimum atomic E-state index is 0.473. The summed E-state index contributed by atoms with van der Waals surface area (Å²) >= 11 is 11.2. The number of nitrogens with one attached hydrogen (secondary N) is 2. The first-order valence-corrected chi connectivity index (χ1v) is 6.94. The summed E-state index contributed by atoms with van der Waals surface area (Å²) in [5.41, 5.74) is 0.924. The molecular weight excluding hydrogens is 266 g/mol. The topological polar surface area (TPSA) is 27.3 Å². The Morgan fingerprint density at radius 3 is 2.78 bits per heavy atom. The third kappa shape index (κ3) is 4.12. The lowest BCUT2D eigenvalue weighted by atomic mass is 10.1. The monoisotopic (exact) mass is 283 g/mol. The Morgan fingerprint density at radius 1 is 1.39 bits per heavy atom. The fourth-order valence-corrected chi connectivity index (χ4v) is 2.55. The molecule has 0 spiro atoms. The van der Waals surface area contributed by atoms with Gasteiger partial charge in [-0.1, -0.05) is 17.7 Å². The minimum absolute atomic E-state index is 0.473. The number of halogens is 1. The fraction of sp³-hybridized carbons (Fsp3) is 0.462. The van der Waals surface area contributed by atoms with Crippen LogP contribution in [0.3, 0.4) is 0 Å². The second-order valence-electron chi connectivity index (χ2n) is 4.69. The van der Waals surface area contributed by atoms with Crippen molar-refractivity contribution in [1.29, 1.82) is 0 Å². The van der Waals surface area contributed by atoms with Crippen molar-refractivity contribution in [2.45, 2.75) is 18.9 Å². The van der Waals surface area contributed by atoms with Crippen molar-refractivity contribution in [2.24, 2.45) is 0 Å². The molecule has 1 saturated heterocycles. The van der Waals surface area contributed by atoms with Crippen LogP contribution in [0.25, 0.3) is 0 Å². The van der Waals surface area contributed by atoms with E-state index in [1.807, 2.05) is 24.3 Å². The average molecular weight is 284 g/mol. The summed E-state index contributed by atoms with van der Waals surface area (Å²) in [6.45, 7) is 2.24. The average Bonchev–Trinajstić information content (AvgIpc) is 2.32. The summed E-state index contributed by atoms with van der Waals surface area (Å²) in [7, 11) is 2.15. The SMILES string of the molecule is CN1CCC(NC(=S)Nc2cccc(Cl)c2)CC1. The van der Waals surface area contributed by atoms with Crippen LogP contribution in [0.2, 0.25) is 5.02 Å². The smallest absolute Gasteiger partial charge is 0.170 e. The van der Waals surface area contributed by atoms with Crippen molar-refractivity contribution in [3.05, 3.63) is 29.3 Å². The van der Waals surface area contributed by atoms with Crippen LogP contribution in [-0.2, 0) is 0 Å². The number of rotatable bonds is 2. The molecule has 0 amide bonds. The molecule has 0 bridgehead atoms. The Morgan fingerprint density at radius 2 is 2.11 bits per heavy atom. The van der Waals surface area contributed by atoms with Crippen molar-refractivity contribution in [1.82, 2.24) is 10.2 Å². The number of anilines is 1. The quantitative estimate of drug-likeness (QED) is 0.816. The molecule has 0 unspecified atom stereocenters. The second-order valence-corrected chi connectivity index (χ2v) is 5.53. The van der Waals surface area contributed by atoms with E-state index in [0.717, 1.165) is 31.6 Å². The molecule has 0 radical (unpaired) electrons. The third-order valence-electron chi connectivity index (χ3n) is 3.14. The van der Waals surface area contributed by atoms with Crippen LogP contribution in [0.4, 0.5) is 5.69 Å². The molecule has 0 aliphatic carbocycles. The minimum Gasteiger partial charge on any atom is -0.360 e. The van der Waals surface area contributed by atoms with Gasteiger partial charge in [-0.3, -0.25) is 0 Å². The van der Waals surface area contributed by atoms with E-state index in [4.69, 9.17) is 23.8 Å². The van der Waals surface area contributed by atoms with E-state index in [-0.39, 0.29) is 0 Å². The first-order valence-electron chi connectivity index (χ1n) is 6.15. The standard InChI is InChI=1S/C13H18ClN3S/c1-17-7-5-11(6-8-17)15-13(18)16-12-4-2-3-10(14)9-12/h2-4,9,11H,5-8H2,1H3,(H2,15,16,18). The van der Waals surface area contributed by atoms with E-state index in [0.29, 0.717) is 16.2 Å². The number of likely N-dealkylation sites (tertiary alicyclic amines) is 1. The lowest BCUT2D eigenvalue weighted by Gasteiger charge is -2.30. The highest BCUT2D eigenvalue weighted by molar-refractivity contribution is 7.80. The molecule has 1 aromatic rings. The van der Waals surface area contributed by atoms with Crippen LogP contribution in [0.5, 0.6) is 0 Å². The molecular formula is C13H18ClN3S. The third-order valence-corrected chi connectivity index (χ3v) is 3.59. The van der Waals surface area contributed by atoms with Crippen molar-refractivity contribution in [3.8, 4) is 0 Å². The van der Waals surface area contributed by atoms with E-state index in [2.05, 4.69) is 22.6 Å². The molecule has 0 atom stereocenters. The Balaban J connectivity index is 1.82. The van der Waals surface area contributed by atoms with E-state index >= 15 is 0 Å². The summed E-state index contributed by atoms with van der Waals surface area (Å²) in [6.07, 6.45) is 2.27. The largest absolute Gasteiger partial charge is 0.360 e. The maximum absolute atomic E-state index is 5.93. The summed E-state index contributed by atoms with van der Waals surface area (Å²) in [5.74, 6) is 0. The molecule has 0 saturated carbocycles. The normalized spacial score (nSPS) is 17.4. The van der Waals surface area contributed by atoms with Crippen LogP contribution in [0, 0.1) is 0 Å². The summed E-state index contributed by atoms with van der Waals surface area (Å²) in [4.78, 5) is 2.34. The zero-order chi connectivity index (χ0) is 13.0. The molecule has 1 aliphatic rings. The number of piperidine rings is 1. The molecule has 1 aliphatic heterocycles. The van der Waals surface area contributed by atoms with Crippen LogP contribution >= 0.6 is 23.8 Å². The van der Waals surface area contributed by atoms with Crippen molar-refractivity contribution >= 4 is 34.6 Å². The second kappa shape index (κ2) is 6.36. The maximum atomic E-state index is 5.93. The highest BCUT2D eigenvalue weighted by Gasteiger charge is 2.16. The Kier molecular flexibility index (Phi) is 4.80. The molecule has 5 heteroatoms. The van der Waals surface area contributed by atoms with Crippen molar-refractivity contribution in [3.63, 3.8) is 0 Å². The van der Waals surface area contributed by atoms with Gasteiger partial charge in [0.15, 0.2) is 5.11 Å². The number of thiocarbonyl (C=S) groups is 1. The van der Waals surface area contributed by atoms with Crippen molar-refractivity contribution < 1.29 is 0 Å². The number of benzene rings is 1. The molecule has 2 rings (SSSR count). The lowest BCUT2D eigenvalue weighted by Crippen LogP contribution is -2.44. The number of nitrogens with zero attached hydrogens (tertiary/aromatic N) is 1. The van der Waals surface area contributed by atoms with Gasteiger partial charge in [-0.15, -0.1) is 0 Å². The lowest BCUT2D eigenvalue weighted by molar-refractivity contribution is 0.247. The predicted octanol–water partition coefficient (Wildman–Crippen LogP) is 2.72. The van der Waals surface area contributed by atoms with Crippen molar-refractivity contribution in [2.75, 3.05) is 25.5 Å². The molecule has 3 nitrogen and oxygen atoms in total. The van der Waals surface area contributed by atoms with Gasteiger partial charge in [0, 0.05) is 16.8 Å². The van der Waals surface area contributed by atoms with Gasteiger partial charge in [-0.05, 0) is 63.4 Å². The van der Waals surface area contributed by atoms with Gasteiger partial charge < -0.3 is 15.5 Å². The number of hydrogen-bond donors (Lipinski definition) is 2. The highest BCUT2D eigenvalue weighted by atomic mass is 35.5. The van der Waals surface area contributed by atoms with Gasteiger partial charge >= 0.3 is 0 Å². The summed E-state index contributed by atoms with van der Waals surface area (Å²) in [5, 5.41) is 7.90. The summed E-state index contributed by atoms with van der Waals surface area (Å²) < 4.78 is 0.